The van der Waals surface area contributed by atoms with Gasteiger partial charge in [-0.1, -0.05) is 41.9 Å². The van der Waals surface area contributed by atoms with Gasteiger partial charge in [0, 0.05) is 21.6 Å². The third kappa shape index (κ3) is 2.74. The van der Waals surface area contributed by atoms with E-state index in [1.165, 1.54) is 0 Å². The lowest BCUT2D eigenvalue weighted by atomic mass is 10.2. The van der Waals surface area contributed by atoms with Crippen molar-refractivity contribution < 1.29 is 5.11 Å². The van der Waals surface area contributed by atoms with E-state index in [4.69, 9.17) is 11.6 Å². The van der Waals surface area contributed by atoms with E-state index >= 15 is 0 Å². The van der Waals surface area contributed by atoms with Gasteiger partial charge >= 0.3 is 0 Å². The third-order valence-electron chi connectivity index (χ3n) is 3.00. The number of halogens is 1. The predicted octanol–water partition coefficient (Wildman–Crippen LogP) is 4.89. The number of fused-ring (bicyclic) bond motifs is 1. The van der Waals surface area contributed by atoms with Crippen molar-refractivity contribution >= 4 is 34.3 Å². The molecule has 1 heterocycles. The number of benzene rings is 2. The SMILES string of the molecule is Oc1ccccc1SCc1cc2ccccc2nc1Cl. The molecule has 0 atom stereocenters. The summed E-state index contributed by atoms with van der Waals surface area (Å²) in [6.45, 7) is 0. The van der Waals surface area contributed by atoms with E-state index in [1.54, 1.807) is 17.8 Å². The number of aromatic hydroxyl groups is 1. The van der Waals surface area contributed by atoms with E-state index in [0.29, 0.717) is 16.7 Å². The van der Waals surface area contributed by atoms with E-state index in [-0.39, 0.29) is 0 Å². The Morgan fingerprint density at radius 1 is 1.05 bits per heavy atom. The topological polar surface area (TPSA) is 33.1 Å². The number of phenols is 1. The maximum Gasteiger partial charge on any atom is 0.133 e. The molecular formula is C16H12ClNOS. The summed E-state index contributed by atoms with van der Waals surface area (Å²) in [7, 11) is 0. The molecule has 1 aromatic heterocycles. The molecule has 0 aliphatic carbocycles. The Kier molecular flexibility index (Phi) is 3.81. The van der Waals surface area contributed by atoms with Gasteiger partial charge in [0.15, 0.2) is 0 Å². The molecule has 100 valence electrons. The van der Waals surface area contributed by atoms with Crippen LogP contribution in [0.25, 0.3) is 10.9 Å². The summed E-state index contributed by atoms with van der Waals surface area (Å²) in [6.07, 6.45) is 0. The van der Waals surface area contributed by atoms with Crippen molar-refractivity contribution in [2.75, 3.05) is 0 Å². The Balaban J connectivity index is 1.87. The van der Waals surface area contributed by atoms with Crippen LogP contribution in [0.15, 0.2) is 59.5 Å². The molecule has 0 radical (unpaired) electrons. The first-order chi connectivity index (χ1) is 9.74. The molecule has 20 heavy (non-hydrogen) atoms. The van der Waals surface area contributed by atoms with Crippen LogP contribution in [0.2, 0.25) is 5.15 Å². The molecule has 0 saturated carbocycles. The van der Waals surface area contributed by atoms with Gasteiger partial charge in [0.25, 0.3) is 0 Å². The quantitative estimate of drug-likeness (QED) is 0.552. The standard InChI is InChI=1S/C16H12ClNOS/c17-16-12(9-11-5-1-2-6-13(11)18-16)10-20-15-8-4-3-7-14(15)19/h1-9,19H,10H2. The lowest BCUT2D eigenvalue weighted by Gasteiger charge is -2.07. The zero-order valence-electron chi connectivity index (χ0n) is 10.6. The zero-order chi connectivity index (χ0) is 13.9. The number of thioether (sulfide) groups is 1. The number of rotatable bonds is 3. The van der Waals surface area contributed by atoms with Crippen molar-refractivity contribution in [2.45, 2.75) is 10.6 Å². The molecule has 3 aromatic rings. The molecule has 4 heteroatoms. The van der Waals surface area contributed by atoms with E-state index in [9.17, 15) is 5.11 Å². The Bertz CT molecular complexity index is 760. The van der Waals surface area contributed by atoms with Gasteiger partial charge in [-0.05, 0) is 24.3 Å². The van der Waals surface area contributed by atoms with Gasteiger partial charge in [-0.2, -0.15) is 0 Å². The highest BCUT2D eigenvalue weighted by Gasteiger charge is 2.07. The van der Waals surface area contributed by atoms with Crippen LogP contribution in [-0.4, -0.2) is 10.1 Å². The van der Waals surface area contributed by atoms with Crippen LogP contribution in [0.4, 0.5) is 0 Å². The molecule has 0 saturated heterocycles. The summed E-state index contributed by atoms with van der Waals surface area (Å²) in [5.74, 6) is 0.969. The van der Waals surface area contributed by atoms with Crippen molar-refractivity contribution in [3.63, 3.8) is 0 Å². The van der Waals surface area contributed by atoms with Gasteiger partial charge in [0.2, 0.25) is 0 Å². The minimum atomic E-state index is 0.294. The van der Waals surface area contributed by atoms with E-state index in [2.05, 4.69) is 11.1 Å². The van der Waals surface area contributed by atoms with Crippen molar-refractivity contribution in [2.24, 2.45) is 0 Å². The average Bonchev–Trinajstić information content (AvgIpc) is 2.46. The smallest absolute Gasteiger partial charge is 0.133 e. The van der Waals surface area contributed by atoms with E-state index in [1.807, 2.05) is 42.5 Å². The Morgan fingerprint density at radius 2 is 1.80 bits per heavy atom. The first kappa shape index (κ1) is 13.3. The third-order valence-corrected chi connectivity index (χ3v) is 4.44. The Morgan fingerprint density at radius 3 is 2.65 bits per heavy atom. The fraction of sp³-hybridized carbons (Fsp3) is 0.0625. The highest BCUT2D eigenvalue weighted by molar-refractivity contribution is 7.98. The number of hydrogen-bond donors (Lipinski definition) is 1. The van der Waals surface area contributed by atoms with Crippen LogP contribution in [0.3, 0.4) is 0 Å². The maximum atomic E-state index is 9.76. The Labute approximate surface area is 126 Å². The molecule has 0 bridgehead atoms. The molecule has 3 rings (SSSR count). The normalized spacial score (nSPS) is 10.8. The summed E-state index contributed by atoms with van der Waals surface area (Å²) in [4.78, 5) is 5.24. The molecule has 0 unspecified atom stereocenters. The van der Waals surface area contributed by atoms with Crippen molar-refractivity contribution in [3.8, 4) is 5.75 Å². The van der Waals surface area contributed by atoms with Crippen LogP contribution in [0.5, 0.6) is 5.75 Å². The molecule has 1 N–H and O–H groups in total. The van der Waals surface area contributed by atoms with Crippen LogP contribution < -0.4 is 0 Å². The Hall–Kier alpha value is -1.71. The lowest BCUT2D eigenvalue weighted by Crippen LogP contribution is -1.88. The highest BCUT2D eigenvalue weighted by Crippen LogP contribution is 2.32. The molecule has 0 fully saturated rings. The fourth-order valence-corrected chi connectivity index (χ4v) is 3.19. The summed E-state index contributed by atoms with van der Waals surface area (Å²) < 4.78 is 0. The monoisotopic (exact) mass is 301 g/mol. The predicted molar refractivity (Wildman–Crippen MR) is 84.4 cm³/mol. The molecule has 0 aliphatic rings. The van der Waals surface area contributed by atoms with Gasteiger partial charge < -0.3 is 5.11 Å². The molecule has 0 aliphatic heterocycles. The van der Waals surface area contributed by atoms with Gasteiger partial charge in [0.05, 0.1) is 5.52 Å². The number of pyridine rings is 1. The van der Waals surface area contributed by atoms with E-state index in [0.717, 1.165) is 21.4 Å². The largest absolute Gasteiger partial charge is 0.507 e. The fourth-order valence-electron chi connectivity index (χ4n) is 1.97. The van der Waals surface area contributed by atoms with Gasteiger partial charge in [0.1, 0.15) is 10.9 Å². The average molecular weight is 302 g/mol. The van der Waals surface area contributed by atoms with Gasteiger partial charge in [-0.15, -0.1) is 11.8 Å². The van der Waals surface area contributed by atoms with Crippen molar-refractivity contribution in [1.29, 1.82) is 0 Å². The van der Waals surface area contributed by atoms with Crippen molar-refractivity contribution in [1.82, 2.24) is 4.98 Å². The minimum absolute atomic E-state index is 0.294. The maximum absolute atomic E-state index is 9.76. The number of hydrogen-bond acceptors (Lipinski definition) is 3. The number of para-hydroxylation sites is 2. The van der Waals surface area contributed by atoms with Gasteiger partial charge in [-0.3, -0.25) is 0 Å². The number of aromatic nitrogens is 1. The van der Waals surface area contributed by atoms with Crippen LogP contribution >= 0.6 is 23.4 Å². The molecule has 2 nitrogen and oxygen atoms in total. The second-order valence-corrected chi connectivity index (χ2v) is 5.76. The summed E-state index contributed by atoms with van der Waals surface area (Å²) in [5.41, 5.74) is 1.87. The zero-order valence-corrected chi connectivity index (χ0v) is 12.2. The minimum Gasteiger partial charge on any atom is -0.507 e. The number of nitrogens with zero attached hydrogens (tertiary/aromatic N) is 1. The van der Waals surface area contributed by atoms with Crippen LogP contribution in [0.1, 0.15) is 5.56 Å². The lowest BCUT2D eigenvalue weighted by molar-refractivity contribution is 0.462. The van der Waals surface area contributed by atoms with Crippen LogP contribution in [0, 0.1) is 0 Å². The molecule has 0 amide bonds. The molecular weight excluding hydrogens is 290 g/mol. The summed E-state index contributed by atoms with van der Waals surface area (Å²) in [6, 6.07) is 17.2. The molecule has 0 spiro atoms. The second kappa shape index (κ2) is 5.73. The number of phenolic OH excluding ortho intramolecular Hbond substituents is 1. The summed E-state index contributed by atoms with van der Waals surface area (Å²) in [5, 5.41) is 11.4. The van der Waals surface area contributed by atoms with E-state index < -0.39 is 0 Å². The van der Waals surface area contributed by atoms with Crippen LogP contribution in [-0.2, 0) is 5.75 Å². The first-order valence-corrected chi connectivity index (χ1v) is 7.55. The second-order valence-electron chi connectivity index (χ2n) is 4.39. The highest BCUT2D eigenvalue weighted by atomic mass is 35.5. The first-order valence-electron chi connectivity index (χ1n) is 6.19. The van der Waals surface area contributed by atoms with Gasteiger partial charge in [-0.25, -0.2) is 4.98 Å². The summed E-state index contributed by atoms with van der Waals surface area (Å²) >= 11 is 7.77. The van der Waals surface area contributed by atoms with Crippen molar-refractivity contribution in [3.05, 3.63) is 65.3 Å². The molecule has 2 aromatic carbocycles.